The Morgan fingerprint density at radius 1 is 1.06 bits per heavy atom. The number of amides is 3. The van der Waals surface area contributed by atoms with E-state index in [1.807, 2.05) is 37.3 Å². The van der Waals surface area contributed by atoms with Gasteiger partial charge in [-0.1, -0.05) is 41.1 Å². The van der Waals surface area contributed by atoms with E-state index in [9.17, 15) is 9.59 Å². The number of carbonyl (C=O) groups is 2. The number of para-hydroxylation sites is 1. The van der Waals surface area contributed by atoms with Crippen molar-refractivity contribution in [1.29, 1.82) is 0 Å². The van der Waals surface area contributed by atoms with Crippen molar-refractivity contribution in [2.24, 2.45) is 0 Å². The molecule has 0 saturated carbocycles. The van der Waals surface area contributed by atoms with Crippen LogP contribution in [0.2, 0.25) is 5.02 Å². The number of pyridine rings is 1. The molecule has 3 N–H and O–H groups in total. The predicted octanol–water partition coefficient (Wildman–Crippen LogP) is 5.27. The summed E-state index contributed by atoms with van der Waals surface area (Å²) < 4.78 is 0.789. The highest BCUT2D eigenvalue weighted by molar-refractivity contribution is 7.22. The summed E-state index contributed by atoms with van der Waals surface area (Å²) in [5.41, 5.74) is 3.56. The number of halogens is 1. The second kappa shape index (κ2) is 9.76. The highest BCUT2D eigenvalue weighted by atomic mass is 35.5. The Bertz CT molecular complexity index is 1260. The number of thiazole rings is 1. The monoisotopic (exact) mass is 465 g/mol. The lowest BCUT2D eigenvalue weighted by atomic mass is 10.1. The second-order valence-electron chi connectivity index (χ2n) is 7.04. The third-order valence-electron chi connectivity index (χ3n) is 4.72. The fourth-order valence-corrected chi connectivity index (χ4v) is 4.26. The SMILES string of the molecule is Cc1cccc(Cl)c1NC(=O)c1ccc2nc(NC(=O)NCCc3ccccn3)sc2c1. The maximum atomic E-state index is 12.7. The highest BCUT2D eigenvalue weighted by Crippen LogP contribution is 2.29. The van der Waals surface area contributed by atoms with E-state index in [0.29, 0.717) is 39.9 Å². The molecule has 2 heterocycles. The molecule has 9 heteroatoms. The lowest BCUT2D eigenvalue weighted by Gasteiger charge is -2.10. The molecule has 162 valence electrons. The van der Waals surface area contributed by atoms with E-state index in [1.165, 1.54) is 11.3 Å². The zero-order valence-electron chi connectivity index (χ0n) is 17.2. The number of urea groups is 1. The molecule has 0 spiro atoms. The van der Waals surface area contributed by atoms with Crippen LogP contribution in [0.5, 0.6) is 0 Å². The van der Waals surface area contributed by atoms with Crippen molar-refractivity contribution in [2.45, 2.75) is 13.3 Å². The van der Waals surface area contributed by atoms with Gasteiger partial charge in [0, 0.05) is 30.4 Å². The molecule has 7 nitrogen and oxygen atoms in total. The first-order valence-corrected chi connectivity index (χ1v) is 11.1. The number of benzene rings is 2. The van der Waals surface area contributed by atoms with E-state index in [4.69, 9.17) is 11.6 Å². The summed E-state index contributed by atoms with van der Waals surface area (Å²) in [5.74, 6) is -0.265. The van der Waals surface area contributed by atoms with Gasteiger partial charge >= 0.3 is 6.03 Å². The summed E-state index contributed by atoms with van der Waals surface area (Å²) in [5, 5.41) is 9.33. The normalized spacial score (nSPS) is 10.7. The molecular formula is C23H20ClN5O2S. The number of hydrogen-bond donors (Lipinski definition) is 3. The quantitative estimate of drug-likeness (QED) is 0.361. The summed E-state index contributed by atoms with van der Waals surface area (Å²) >= 11 is 7.50. The Morgan fingerprint density at radius 3 is 2.72 bits per heavy atom. The average Bonchev–Trinajstić information content (AvgIpc) is 3.18. The molecule has 0 aliphatic heterocycles. The lowest BCUT2D eigenvalue weighted by Crippen LogP contribution is -2.30. The molecule has 0 bridgehead atoms. The van der Waals surface area contributed by atoms with Crippen LogP contribution < -0.4 is 16.0 Å². The van der Waals surface area contributed by atoms with E-state index in [2.05, 4.69) is 25.9 Å². The summed E-state index contributed by atoms with van der Waals surface area (Å²) in [6.45, 7) is 2.34. The molecule has 32 heavy (non-hydrogen) atoms. The fraction of sp³-hybridized carbons (Fsp3) is 0.130. The Morgan fingerprint density at radius 2 is 1.94 bits per heavy atom. The molecule has 2 aromatic carbocycles. The van der Waals surface area contributed by atoms with Crippen LogP contribution >= 0.6 is 22.9 Å². The van der Waals surface area contributed by atoms with Crippen molar-refractivity contribution < 1.29 is 9.59 Å². The Hall–Kier alpha value is -3.49. The average molecular weight is 466 g/mol. The molecule has 3 amide bonds. The Labute approximate surface area is 193 Å². The first-order chi connectivity index (χ1) is 15.5. The zero-order chi connectivity index (χ0) is 22.5. The molecule has 0 aliphatic rings. The summed E-state index contributed by atoms with van der Waals surface area (Å²) in [6, 6.07) is 16.0. The molecule has 0 radical (unpaired) electrons. The first-order valence-electron chi connectivity index (χ1n) is 9.91. The van der Waals surface area contributed by atoms with Crippen molar-refractivity contribution in [3.05, 3.63) is 82.6 Å². The van der Waals surface area contributed by atoms with Crippen LogP contribution in [0, 0.1) is 6.92 Å². The molecule has 4 rings (SSSR count). The molecule has 0 aliphatic carbocycles. The number of aromatic nitrogens is 2. The summed E-state index contributed by atoms with van der Waals surface area (Å²) in [6.07, 6.45) is 2.36. The van der Waals surface area contributed by atoms with Crippen LogP contribution in [0.1, 0.15) is 21.6 Å². The van der Waals surface area contributed by atoms with Crippen LogP contribution in [0.25, 0.3) is 10.2 Å². The van der Waals surface area contributed by atoms with Gasteiger partial charge in [-0.25, -0.2) is 9.78 Å². The zero-order valence-corrected chi connectivity index (χ0v) is 18.8. The van der Waals surface area contributed by atoms with Gasteiger partial charge in [0.2, 0.25) is 0 Å². The minimum atomic E-state index is -0.341. The number of rotatable bonds is 6. The van der Waals surface area contributed by atoms with Crippen molar-refractivity contribution >= 4 is 55.9 Å². The smallest absolute Gasteiger partial charge is 0.321 e. The van der Waals surface area contributed by atoms with Crippen molar-refractivity contribution in [2.75, 3.05) is 17.2 Å². The van der Waals surface area contributed by atoms with Crippen LogP contribution in [-0.4, -0.2) is 28.5 Å². The van der Waals surface area contributed by atoms with Crippen LogP contribution in [0.15, 0.2) is 60.8 Å². The molecule has 4 aromatic rings. The van der Waals surface area contributed by atoms with Crippen LogP contribution in [0.4, 0.5) is 15.6 Å². The van der Waals surface area contributed by atoms with Gasteiger partial charge in [0.1, 0.15) is 0 Å². The number of nitrogens with one attached hydrogen (secondary N) is 3. The van der Waals surface area contributed by atoms with Gasteiger partial charge < -0.3 is 10.6 Å². The number of fused-ring (bicyclic) bond motifs is 1. The molecule has 0 saturated heterocycles. The van der Waals surface area contributed by atoms with E-state index >= 15 is 0 Å². The van der Waals surface area contributed by atoms with E-state index < -0.39 is 0 Å². The lowest BCUT2D eigenvalue weighted by molar-refractivity contribution is 0.102. The maximum Gasteiger partial charge on any atom is 0.321 e. The number of nitrogens with zero attached hydrogens (tertiary/aromatic N) is 2. The molecular weight excluding hydrogens is 446 g/mol. The van der Waals surface area contributed by atoms with Gasteiger partial charge in [0.15, 0.2) is 5.13 Å². The van der Waals surface area contributed by atoms with Crippen molar-refractivity contribution in [3.63, 3.8) is 0 Å². The largest absolute Gasteiger partial charge is 0.337 e. The highest BCUT2D eigenvalue weighted by Gasteiger charge is 2.13. The van der Waals surface area contributed by atoms with Gasteiger partial charge in [-0.15, -0.1) is 0 Å². The van der Waals surface area contributed by atoms with E-state index in [0.717, 1.165) is 16.0 Å². The number of aryl methyl sites for hydroxylation is 1. The molecule has 0 unspecified atom stereocenters. The van der Waals surface area contributed by atoms with Crippen LogP contribution in [-0.2, 0) is 6.42 Å². The standard InChI is InChI=1S/C23H20ClN5O2S/c1-14-5-4-7-17(24)20(14)28-21(30)15-8-9-18-19(13-15)32-23(27-18)29-22(31)26-12-10-16-6-2-3-11-25-16/h2-9,11,13H,10,12H2,1H3,(H,28,30)(H2,26,27,29,31). The fourth-order valence-electron chi connectivity index (χ4n) is 3.09. The van der Waals surface area contributed by atoms with E-state index in [1.54, 1.807) is 30.5 Å². The molecule has 2 aromatic heterocycles. The Balaban J connectivity index is 1.39. The third kappa shape index (κ3) is 5.22. The van der Waals surface area contributed by atoms with Gasteiger partial charge in [0.05, 0.1) is 20.9 Å². The van der Waals surface area contributed by atoms with Gasteiger partial charge in [-0.3, -0.25) is 15.1 Å². The van der Waals surface area contributed by atoms with Gasteiger partial charge in [-0.2, -0.15) is 0 Å². The van der Waals surface area contributed by atoms with Crippen molar-refractivity contribution in [3.8, 4) is 0 Å². The summed E-state index contributed by atoms with van der Waals surface area (Å²) in [7, 11) is 0. The minimum absolute atomic E-state index is 0.265. The number of carbonyl (C=O) groups excluding carboxylic acids is 2. The van der Waals surface area contributed by atoms with E-state index in [-0.39, 0.29) is 11.9 Å². The van der Waals surface area contributed by atoms with Crippen LogP contribution in [0.3, 0.4) is 0 Å². The minimum Gasteiger partial charge on any atom is -0.337 e. The van der Waals surface area contributed by atoms with Gasteiger partial charge in [0.25, 0.3) is 5.91 Å². The number of hydrogen-bond acceptors (Lipinski definition) is 5. The molecule has 0 fully saturated rings. The third-order valence-corrected chi connectivity index (χ3v) is 5.97. The Kier molecular flexibility index (Phi) is 6.63. The maximum absolute atomic E-state index is 12.7. The second-order valence-corrected chi connectivity index (χ2v) is 8.48. The summed E-state index contributed by atoms with van der Waals surface area (Å²) in [4.78, 5) is 33.5. The molecule has 0 atom stereocenters. The predicted molar refractivity (Wildman–Crippen MR) is 129 cm³/mol. The number of anilines is 2. The van der Waals surface area contributed by atoms with Crippen molar-refractivity contribution in [1.82, 2.24) is 15.3 Å². The first kappa shape index (κ1) is 21.7. The van der Waals surface area contributed by atoms with Gasteiger partial charge in [-0.05, 0) is 48.9 Å². The topological polar surface area (TPSA) is 96.0 Å².